The van der Waals surface area contributed by atoms with Crippen molar-refractivity contribution in [1.82, 2.24) is 9.55 Å². The van der Waals surface area contributed by atoms with Crippen LogP contribution in [0, 0.1) is 5.82 Å². The first-order chi connectivity index (χ1) is 15.5. The lowest BCUT2D eigenvalue weighted by molar-refractivity contribution is -0.113. The summed E-state index contributed by atoms with van der Waals surface area (Å²) in [6.07, 6.45) is 1.97. The summed E-state index contributed by atoms with van der Waals surface area (Å²) in [6, 6.07) is 20.7. The van der Waals surface area contributed by atoms with E-state index in [0.717, 1.165) is 16.1 Å². The fourth-order valence-electron chi connectivity index (χ4n) is 3.20. The van der Waals surface area contributed by atoms with Gasteiger partial charge < -0.3 is 5.32 Å². The molecular weight excluding hydrogens is 445 g/mol. The van der Waals surface area contributed by atoms with Crippen LogP contribution in [-0.2, 0) is 11.3 Å². The van der Waals surface area contributed by atoms with Gasteiger partial charge in [0.25, 0.3) is 5.56 Å². The molecule has 3 aromatic carbocycles. The van der Waals surface area contributed by atoms with Gasteiger partial charge in [0.1, 0.15) is 5.82 Å². The summed E-state index contributed by atoms with van der Waals surface area (Å²) in [5.41, 5.74) is 1.86. The fraction of sp³-hybridized carbons (Fsp3) is 0.125. The number of anilines is 1. The molecule has 32 heavy (non-hydrogen) atoms. The molecule has 0 fully saturated rings. The average Bonchev–Trinajstić information content (AvgIpc) is 2.81. The summed E-state index contributed by atoms with van der Waals surface area (Å²) in [4.78, 5) is 31.4. The van der Waals surface area contributed by atoms with Crippen molar-refractivity contribution in [2.75, 3.05) is 17.3 Å². The Bertz CT molecular complexity index is 1320. The second kappa shape index (κ2) is 10.0. The number of benzene rings is 3. The van der Waals surface area contributed by atoms with Crippen LogP contribution < -0.4 is 10.9 Å². The van der Waals surface area contributed by atoms with Crippen LogP contribution in [0.15, 0.2) is 87.6 Å². The van der Waals surface area contributed by atoms with Crippen molar-refractivity contribution in [2.45, 2.75) is 16.6 Å². The molecule has 0 aliphatic rings. The minimum atomic E-state index is -0.338. The van der Waals surface area contributed by atoms with E-state index < -0.39 is 0 Å². The van der Waals surface area contributed by atoms with E-state index in [0.29, 0.717) is 16.1 Å². The normalized spacial score (nSPS) is 10.9. The first-order valence-electron chi connectivity index (χ1n) is 9.84. The Hall–Kier alpha value is -3.10. The first kappa shape index (κ1) is 22.1. The average molecular weight is 466 g/mol. The summed E-state index contributed by atoms with van der Waals surface area (Å²) in [7, 11) is 0. The highest BCUT2D eigenvalue weighted by Gasteiger charge is 2.14. The standard InChI is InChI=1S/C24H20FN3O2S2/c1-31-19-6-4-5-18(13-19)26-22(29)15-32-24-27-21-8-3-2-7-20(21)23(30)28(24)14-16-9-11-17(25)12-10-16/h2-13H,14-15H2,1H3,(H,26,29). The van der Waals surface area contributed by atoms with Gasteiger partial charge in [-0.15, -0.1) is 11.8 Å². The second-order valence-electron chi connectivity index (χ2n) is 7.00. The van der Waals surface area contributed by atoms with Gasteiger partial charge in [0.05, 0.1) is 23.2 Å². The minimum Gasteiger partial charge on any atom is -0.325 e. The third-order valence-electron chi connectivity index (χ3n) is 4.77. The number of halogens is 1. The number of carbonyl (C=O) groups excluding carboxylic acids is 1. The lowest BCUT2D eigenvalue weighted by Gasteiger charge is -2.13. The Labute approximate surface area is 193 Å². The van der Waals surface area contributed by atoms with Crippen molar-refractivity contribution < 1.29 is 9.18 Å². The van der Waals surface area contributed by atoms with Gasteiger partial charge in [-0.1, -0.05) is 42.1 Å². The Balaban J connectivity index is 1.59. The van der Waals surface area contributed by atoms with Crippen molar-refractivity contribution in [3.05, 3.63) is 94.5 Å². The molecule has 0 atom stereocenters. The first-order valence-corrected chi connectivity index (χ1v) is 12.1. The van der Waals surface area contributed by atoms with Crippen LogP contribution in [0.4, 0.5) is 10.1 Å². The second-order valence-corrected chi connectivity index (χ2v) is 8.82. The van der Waals surface area contributed by atoms with Crippen molar-refractivity contribution in [3.8, 4) is 0 Å². The minimum absolute atomic E-state index is 0.0949. The molecule has 0 bridgehead atoms. The van der Waals surface area contributed by atoms with Gasteiger partial charge in [-0.2, -0.15) is 0 Å². The number of hydrogen-bond acceptors (Lipinski definition) is 5. The van der Waals surface area contributed by atoms with E-state index in [1.54, 1.807) is 42.1 Å². The van der Waals surface area contributed by atoms with E-state index in [1.165, 1.54) is 28.5 Å². The third-order valence-corrected chi connectivity index (χ3v) is 6.47. The van der Waals surface area contributed by atoms with Gasteiger partial charge >= 0.3 is 0 Å². The number of aromatic nitrogens is 2. The maximum atomic E-state index is 13.3. The topological polar surface area (TPSA) is 64.0 Å². The zero-order valence-corrected chi connectivity index (χ0v) is 18.9. The molecule has 1 amide bonds. The zero-order chi connectivity index (χ0) is 22.5. The lowest BCUT2D eigenvalue weighted by atomic mass is 10.2. The Morgan fingerprint density at radius 3 is 2.62 bits per heavy atom. The van der Waals surface area contributed by atoms with Crippen LogP contribution in [0.25, 0.3) is 10.9 Å². The highest BCUT2D eigenvalue weighted by atomic mass is 32.2. The molecule has 0 spiro atoms. The molecule has 0 aliphatic heterocycles. The van der Waals surface area contributed by atoms with Crippen molar-refractivity contribution in [2.24, 2.45) is 0 Å². The Morgan fingerprint density at radius 1 is 1.06 bits per heavy atom. The molecule has 0 saturated carbocycles. The van der Waals surface area contributed by atoms with Gasteiger partial charge in [0.15, 0.2) is 5.16 Å². The van der Waals surface area contributed by atoms with Crippen molar-refractivity contribution >= 4 is 46.0 Å². The summed E-state index contributed by atoms with van der Waals surface area (Å²) in [6.45, 7) is 0.233. The number of rotatable bonds is 7. The van der Waals surface area contributed by atoms with Crippen LogP contribution >= 0.6 is 23.5 Å². The molecule has 1 heterocycles. The van der Waals surface area contributed by atoms with Crippen LogP contribution in [0.3, 0.4) is 0 Å². The molecule has 0 saturated heterocycles. The van der Waals surface area contributed by atoms with E-state index >= 15 is 0 Å². The Morgan fingerprint density at radius 2 is 1.84 bits per heavy atom. The molecule has 162 valence electrons. The molecule has 0 aliphatic carbocycles. The van der Waals surface area contributed by atoms with Gasteiger partial charge in [-0.05, 0) is 54.3 Å². The summed E-state index contributed by atoms with van der Waals surface area (Å²) in [5, 5.41) is 3.82. The zero-order valence-electron chi connectivity index (χ0n) is 17.2. The van der Waals surface area contributed by atoms with Crippen molar-refractivity contribution in [1.29, 1.82) is 0 Å². The fourth-order valence-corrected chi connectivity index (χ4v) is 4.46. The molecule has 1 aromatic heterocycles. The third kappa shape index (κ3) is 5.20. The number of nitrogens with one attached hydrogen (secondary N) is 1. The van der Waals surface area contributed by atoms with E-state index in [2.05, 4.69) is 10.3 Å². The molecular formula is C24H20FN3O2S2. The smallest absolute Gasteiger partial charge is 0.262 e. The molecule has 0 unspecified atom stereocenters. The maximum Gasteiger partial charge on any atom is 0.262 e. The number of nitrogens with zero attached hydrogens (tertiary/aromatic N) is 2. The van der Waals surface area contributed by atoms with Gasteiger partial charge in [-0.25, -0.2) is 9.37 Å². The highest BCUT2D eigenvalue weighted by Crippen LogP contribution is 2.21. The van der Waals surface area contributed by atoms with Crippen LogP contribution in [0.1, 0.15) is 5.56 Å². The summed E-state index contributed by atoms with van der Waals surface area (Å²) < 4.78 is 14.8. The van der Waals surface area contributed by atoms with Crippen LogP contribution in [-0.4, -0.2) is 27.5 Å². The molecule has 0 radical (unpaired) electrons. The highest BCUT2D eigenvalue weighted by molar-refractivity contribution is 7.99. The SMILES string of the molecule is CSc1cccc(NC(=O)CSc2nc3ccccc3c(=O)n2Cc2ccc(F)cc2)c1. The van der Waals surface area contributed by atoms with E-state index in [1.807, 2.05) is 36.6 Å². The number of carbonyl (C=O) groups is 1. The van der Waals surface area contributed by atoms with Gasteiger partial charge in [0.2, 0.25) is 5.91 Å². The molecule has 8 heteroatoms. The number of thioether (sulfide) groups is 2. The number of para-hydroxylation sites is 1. The predicted octanol–water partition coefficient (Wildman–Crippen LogP) is 5.04. The molecule has 1 N–H and O–H groups in total. The summed E-state index contributed by atoms with van der Waals surface area (Å²) in [5.74, 6) is -0.434. The molecule has 4 rings (SSSR count). The Kier molecular flexibility index (Phi) is 6.92. The van der Waals surface area contributed by atoms with Gasteiger partial charge in [-0.3, -0.25) is 14.2 Å². The molecule has 4 aromatic rings. The van der Waals surface area contributed by atoms with E-state index in [-0.39, 0.29) is 29.6 Å². The van der Waals surface area contributed by atoms with Crippen molar-refractivity contribution in [3.63, 3.8) is 0 Å². The lowest BCUT2D eigenvalue weighted by Crippen LogP contribution is -2.25. The quantitative estimate of drug-likeness (QED) is 0.306. The summed E-state index contributed by atoms with van der Waals surface area (Å²) >= 11 is 2.79. The number of hydrogen-bond donors (Lipinski definition) is 1. The van der Waals surface area contributed by atoms with Crippen LogP contribution in [0.5, 0.6) is 0 Å². The largest absolute Gasteiger partial charge is 0.325 e. The van der Waals surface area contributed by atoms with E-state index in [4.69, 9.17) is 0 Å². The van der Waals surface area contributed by atoms with E-state index in [9.17, 15) is 14.0 Å². The molecule has 5 nitrogen and oxygen atoms in total. The van der Waals surface area contributed by atoms with Gasteiger partial charge in [0, 0.05) is 10.6 Å². The van der Waals surface area contributed by atoms with Crippen LogP contribution in [0.2, 0.25) is 0 Å². The predicted molar refractivity (Wildman–Crippen MR) is 129 cm³/mol. The maximum absolute atomic E-state index is 13.3. The monoisotopic (exact) mass is 465 g/mol. The number of amides is 1. The number of fused-ring (bicyclic) bond motifs is 1.